The van der Waals surface area contributed by atoms with Crippen molar-refractivity contribution in [2.45, 2.75) is 6.42 Å². The van der Waals surface area contributed by atoms with E-state index in [2.05, 4.69) is 15.3 Å². The first kappa shape index (κ1) is 11.2. The molecular weight excluding hydrogens is 206 g/mol. The molecule has 2 rings (SSSR count). The fourth-order valence-electron chi connectivity index (χ4n) is 1.69. The number of carbonyl (C=O) groups excluding carboxylic acids is 1. The molecule has 1 atom stereocenters. The van der Waals surface area contributed by atoms with E-state index in [1.807, 2.05) is 0 Å². The van der Waals surface area contributed by atoms with Crippen molar-refractivity contribution in [3.05, 3.63) is 24.3 Å². The molecular formula is C11H15N3O2. The summed E-state index contributed by atoms with van der Waals surface area (Å²) in [7, 11) is 0. The standard InChI is InChI=1S/C11H15N3O2/c15-11(10-6-13-3-4-14-10)8-16-7-9-1-2-12-5-9/h3-4,6,9,12H,1-2,5,7-8H2. The molecule has 1 fully saturated rings. The Bertz CT molecular complexity index is 336. The Kier molecular flexibility index (Phi) is 3.96. The van der Waals surface area contributed by atoms with E-state index in [0.717, 1.165) is 19.5 Å². The van der Waals surface area contributed by atoms with Crippen LogP contribution in [0.25, 0.3) is 0 Å². The monoisotopic (exact) mass is 221 g/mol. The Morgan fingerprint density at radius 3 is 3.19 bits per heavy atom. The number of nitrogens with one attached hydrogen (secondary N) is 1. The molecule has 16 heavy (non-hydrogen) atoms. The van der Waals surface area contributed by atoms with Crippen LogP contribution in [0, 0.1) is 5.92 Å². The zero-order valence-corrected chi connectivity index (χ0v) is 9.06. The molecule has 1 aromatic heterocycles. The van der Waals surface area contributed by atoms with Crippen molar-refractivity contribution >= 4 is 5.78 Å². The average Bonchev–Trinajstić information content (AvgIpc) is 2.83. The van der Waals surface area contributed by atoms with Crippen LogP contribution in [-0.2, 0) is 4.74 Å². The predicted octanol–water partition coefficient (Wildman–Crippen LogP) is 0.285. The van der Waals surface area contributed by atoms with E-state index in [4.69, 9.17) is 4.74 Å². The summed E-state index contributed by atoms with van der Waals surface area (Å²) in [6, 6.07) is 0. The van der Waals surface area contributed by atoms with Gasteiger partial charge in [-0.05, 0) is 18.9 Å². The lowest BCUT2D eigenvalue weighted by molar-refractivity contribution is 0.0687. The number of hydrogen-bond acceptors (Lipinski definition) is 5. The van der Waals surface area contributed by atoms with Gasteiger partial charge in [-0.15, -0.1) is 0 Å². The number of ether oxygens (including phenoxy) is 1. The third-order valence-electron chi connectivity index (χ3n) is 2.60. The molecule has 0 bridgehead atoms. The second kappa shape index (κ2) is 5.67. The summed E-state index contributed by atoms with van der Waals surface area (Å²) in [4.78, 5) is 19.3. The minimum atomic E-state index is -0.112. The van der Waals surface area contributed by atoms with Crippen molar-refractivity contribution in [3.63, 3.8) is 0 Å². The van der Waals surface area contributed by atoms with Crippen LogP contribution in [0.15, 0.2) is 18.6 Å². The minimum absolute atomic E-state index is 0.0925. The number of hydrogen-bond donors (Lipinski definition) is 1. The molecule has 1 aromatic rings. The normalized spacial score (nSPS) is 19.9. The largest absolute Gasteiger partial charge is 0.373 e. The number of ketones is 1. The van der Waals surface area contributed by atoms with Gasteiger partial charge in [-0.1, -0.05) is 0 Å². The predicted molar refractivity (Wildman–Crippen MR) is 58.2 cm³/mol. The van der Waals surface area contributed by atoms with E-state index >= 15 is 0 Å². The fraction of sp³-hybridized carbons (Fsp3) is 0.545. The quantitative estimate of drug-likeness (QED) is 0.724. The molecule has 0 amide bonds. The molecule has 5 nitrogen and oxygen atoms in total. The maximum atomic E-state index is 11.6. The molecule has 2 heterocycles. The number of rotatable bonds is 5. The van der Waals surface area contributed by atoms with Gasteiger partial charge in [-0.25, -0.2) is 4.98 Å². The molecule has 0 spiro atoms. The van der Waals surface area contributed by atoms with E-state index in [-0.39, 0.29) is 12.4 Å². The summed E-state index contributed by atoms with van der Waals surface area (Å²) < 4.78 is 5.38. The molecule has 5 heteroatoms. The molecule has 86 valence electrons. The van der Waals surface area contributed by atoms with Gasteiger partial charge in [0.05, 0.1) is 12.8 Å². The van der Waals surface area contributed by atoms with Gasteiger partial charge in [0.1, 0.15) is 12.3 Å². The Balaban J connectivity index is 1.71. The highest BCUT2D eigenvalue weighted by Crippen LogP contribution is 2.07. The number of carbonyl (C=O) groups is 1. The Morgan fingerprint density at radius 1 is 1.56 bits per heavy atom. The summed E-state index contributed by atoms with van der Waals surface area (Å²) in [6.07, 6.45) is 5.64. The van der Waals surface area contributed by atoms with Gasteiger partial charge < -0.3 is 10.1 Å². The van der Waals surface area contributed by atoms with Crippen molar-refractivity contribution in [3.8, 4) is 0 Å². The van der Waals surface area contributed by atoms with Gasteiger partial charge >= 0.3 is 0 Å². The Labute approximate surface area is 94.2 Å². The lowest BCUT2D eigenvalue weighted by Gasteiger charge is -2.08. The van der Waals surface area contributed by atoms with Gasteiger partial charge in [0, 0.05) is 18.9 Å². The van der Waals surface area contributed by atoms with E-state index in [0.29, 0.717) is 18.2 Å². The van der Waals surface area contributed by atoms with Gasteiger partial charge in [0.2, 0.25) is 5.78 Å². The molecule has 1 aliphatic heterocycles. The van der Waals surface area contributed by atoms with Crippen LogP contribution in [0.4, 0.5) is 0 Å². The SMILES string of the molecule is O=C(COCC1CCNC1)c1cnccn1. The van der Waals surface area contributed by atoms with E-state index in [1.54, 1.807) is 6.20 Å². The highest BCUT2D eigenvalue weighted by molar-refractivity contribution is 5.94. The van der Waals surface area contributed by atoms with Gasteiger partial charge in [-0.3, -0.25) is 9.78 Å². The van der Waals surface area contributed by atoms with Crippen LogP contribution in [-0.4, -0.2) is 42.1 Å². The van der Waals surface area contributed by atoms with Crippen molar-refractivity contribution in [2.24, 2.45) is 5.92 Å². The van der Waals surface area contributed by atoms with Gasteiger partial charge in [0.15, 0.2) is 0 Å². The van der Waals surface area contributed by atoms with Crippen LogP contribution in [0.3, 0.4) is 0 Å². The van der Waals surface area contributed by atoms with E-state index in [9.17, 15) is 4.79 Å². The maximum absolute atomic E-state index is 11.6. The van der Waals surface area contributed by atoms with Crippen LogP contribution >= 0.6 is 0 Å². The smallest absolute Gasteiger partial charge is 0.208 e. The second-order valence-corrected chi connectivity index (χ2v) is 3.89. The summed E-state index contributed by atoms with van der Waals surface area (Å²) in [5.74, 6) is 0.425. The van der Waals surface area contributed by atoms with Crippen molar-refractivity contribution < 1.29 is 9.53 Å². The molecule has 1 saturated heterocycles. The second-order valence-electron chi connectivity index (χ2n) is 3.89. The van der Waals surface area contributed by atoms with Crippen LogP contribution in [0.2, 0.25) is 0 Å². The molecule has 0 aromatic carbocycles. The summed E-state index contributed by atoms with van der Waals surface area (Å²) in [6.45, 7) is 2.76. The lowest BCUT2D eigenvalue weighted by atomic mass is 10.1. The fourth-order valence-corrected chi connectivity index (χ4v) is 1.69. The zero-order valence-electron chi connectivity index (χ0n) is 9.06. The lowest BCUT2D eigenvalue weighted by Crippen LogP contribution is -2.17. The topological polar surface area (TPSA) is 64.1 Å². The van der Waals surface area contributed by atoms with Crippen LogP contribution < -0.4 is 5.32 Å². The number of Topliss-reactive ketones (excluding diaryl/α,β-unsaturated/α-hetero) is 1. The van der Waals surface area contributed by atoms with Gasteiger partial charge in [-0.2, -0.15) is 0 Å². The molecule has 0 radical (unpaired) electrons. The van der Waals surface area contributed by atoms with E-state index in [1.165, 1.54) is 12.4 Å². The Morgan fingerprint density at radius 2 is 2.50 bits per heavy atom. The molecule has 1 unspecified atom stereocenters. The molecule has 0 aliphatic carbocycles. The van der Waals surface area contributed by atoms with Crippen molar-refractivity contribution in [1.82, 2.24) is 15.3 Å². The highest BCUT2D eigenvalue weighted by atomic mass is 16.5. The summed E-state index contributed by atoms with van der Waals surface area (Å²) in [5, 5.41) is 3.25. The van der Waals surface area contributed by atoms with Crippen LogP contribution in [0.1, 0.15) is 16.9 Å². The zero-order chi connectivity index (χ0) is 11.2. The average molecular weight is 221 g/mol. The third kappa shape index (κ3) is 3.08. The summed E-state index contributed by atoms with van der Waals surface area (Å²) >= 11 is 0. The molecule has 1 aliphatic rings. The summed E-state index contributed by atoms with van der Waals surface area (Å²) in [5.41, 5.74) is 0.368. The third-order valence-corrected chi connectivity index (χ3v) is 2.60. The van der Waals surface area contributed by atoms with Crippen molar-refractivity contribution in [2.75, 3.05) is 26.3 Å². The number of nitrogens with zero attached hydrogens (tertiary/aromatic N) is 2. The first-order valence-electron chi connectivity index (χ1n) is 5.44. The maximum Gasteiger partial charge on any atom is 0.208 e. The number of aromatic nitrogens is 2. The molecule has 1 N–H and O–H groups in total. The minimum Gasteiger partial charge on any atom is -0.373 e. The first-order chi connectivity index (χ1) is 7.86. The van der Waals surface area contributed by atoms with Crippen molar-refractivity contribution in [1.29, 1.82) is 0 Å². The highest BCUT2D eigenvalue weighted by Gasteiger charge is 2.15. The van der Waals surface area contributed by atoms with Crippen LogP contribution in [0.5, 0.6) is 0 Å². The first-order valence-corrected chi connectivity index (χ1v) is 5.44. The van der Waals surface area contributed by atoms with E-state index < -0.39 is 0 Å². The van der Waals surface area contributed by atoms with Gasteiger partial charge in [0.25, 0.3) is 0 Å². The Hall–Kier alpha value is -1.33. The molecule has 0 saturated carbocycles.